The summed E-state index contributed by atoms with van der Waals surface area (Å²) in [5.74, 6) is 1.64. The molecule has 0 spiro atoms. The molecule has 1 fully saturated rings. The summed E-state index contributed by atoms with van der Waals surface area (Å²) in [4.78, 5) is 27.7. The Labute approximate surface area is 318 Å². The zero-order chi connectivity index (χ0) is 38.4. The molecule has 1 aliphatic rings. The zero-order valence-corrected chi connectivity index (χ0v) is 30.5. The summed E-state index contributed by atoms with van der Waals surface area (Å²) in [5.41, 5.74) is 3.27. The van der Waals surface area contributed by atoms with E-state index in [2.05, 4.69) is 16.2 Å². The van der Waals surface area contributed by atoms with Gasteiger partial charge < -0.3 is 43.7 Å². The van der Waals surface area contributed by atoms with Gasteiger partial charge >= 0.3 is 6.16 Å². The summed E-state index contributed by atoms with van der Waals surface area (Å²) >= 11 is 0. The lowest BCUT2D eigenvalue weighted by atomic mass is 9.79. The summed E-state index contributed by atoms with van der Waals surface area (Å²) in [7, 11) is 1.66. The summed E-state index contributed by atoms with van der Waals surface area (Å²) in [6.45, 7) is 2.63. The number of carbonyl (C=O) groups excluding carboxylic acids is 1. The van der Waals surface area contributed by atoms with Gasteiger partial charge in [-0.2, -0.15) is 0 Å². The van der Waals surface area contributed by atoms with Crippen molar-refractivity contribution < 1.29 is 48.2 Å². The van der Waals surface area contributed by atoms with Gasteiger partial charge in [0.2, 0.25) is 0 Å². The average molecular weight is 753 g/mol. The second-order valence-corrected chi connectivity index (χ2v) is 13.1. The van der Waals surface area contributed by atoms with Gasteiger partial charge in [0.1, 0.15) is 29.6 Å². The van der Waals surface area contributed by atoms with E-state index in [9.17, 15) is 20.0 Å². The summed E-state index contributed by atoms with van der Waals surface area (Å²) in [6, 6.07) is 33.3. The van der Waals surface area contributed by atoms with Gasteiger partial charge in [0, 0.05) is 42.3 Å². The molecule has 0 aromatic heterocycles. The predicted octanol–water partition coefficient (Wildman–Crippen LogP) is 7.35. The van der Waals surface area contributed by atoms with Crippen LogP contribution in [-0.4, -0.2) is 62.5 Å². The maximum atomic E-state index is 12.8. The van der Waals surface area contributed by atoms with Crippen molar-refractivity contribution in [1.29, 1.82) is 0 Å². The van der Waals surface area contributed by atoms with Gasteiger partial charge in [-0.15, -0.1) is 10.1 Å². The molecule has 5 aromatic carbocycles. The number of rotatable bonds is 18. The molecule has 2 N–H and O–H groups in total. The molecule has 0 aliphatic carbocycles. The van der Waals surface area contributed by atoms with E-state index in [0.717, 1.165) is 33.2 Å². The quantitative estimate of drug-likeness (QED) is 0.0302. The first kappa shape index (κ1) is 38.8. The van der Waals surface area contributed by atoms with Crippen LogP contribution in [0.3, 0.4) is 0 Å². The minimum Gasteiger partial charge on any atom is -0.508 e. The van der Waals surface area contributed by atoms with Gasteiger partial charge in [-0.1, -0.05) is 66.7 Å². The molecule has 1 aliphatic heterocycles. The second-order valence-electron chi connectivity index (χ2n) is 13.1. The van der Waals surface area contributed by atoms with E-state index in [-0.39, 0.29) is 42.7 Å². The molecular weight excluding hydrogens is 708 g/mol. The molecule has 0 amide bonds. The van der Waals surface area contributed by atoms with Gasteiger partial charge in [0.25, 0.3) is 5.09 Å². The lowest BCUT2D eigenvalue weighted by Gasteiger charge is -2.38. The van der Waals surface area contributed by atoms with Crippen LogP contribution in [0, 0.1) is 16.0 Å². The number of nitrogens with zero attached hydrogens (tertiary/aromatic N) is 1. The maximum Gasteiger partial charge on any atom is 0.513 e. The average Bonchev–Trinajstić information content (AvgIpc) is 3.20. The Balaban J connectivity index is 1.09. The Bertz CT molecular complexity index is 2010. The van der Waals surface area contributed by atoms with Crippen LogP contribution in [0.5, 0.6) is 23.0 Å². The molecule has 13 nitrogen and oxygen atoms in total. The molecule has 5 aromatic rings. The van der Waals surface area contributed by atoms with Crippen LogP contribution in [0.25, 0.3) is 10.8 Å². The molecule has 1 heterocycles. The van der Waals surface area contributed by atoms with Crippen molar-refractivity contribution in [3.05, 3.63) is 142 Å². The van der Waals surface area contributed by atoms with Crippen LogP contribution in [0.2, 0.25) is 0 Å². The zero-order valence-electron chi connectivity index (χ0n) is 30.5. The molecule has 13 heteroatoms. The van der Waals surface area contributed by atoms with E-state index < -0.39 is 11.2 Å². The first-order chi connectivity index (χ1) is 26.9. The Kier molecular flexibility index (Phi) is 13.7. The molecule has 0 saturated carbocycles. The highest BCUT2D eigenvalue weighted by Gasteiger charge is 2.36. The van der Waals surface area contributed by atoms with E-state index >= 15 is 0 Å². The lowest BCUT2D eigenvalue weighted by Crippen LogP contribution is -2.48. The third kappa shape index (κ3) is 11.1. The van der Waals surface area contributed by atoms with Crippen molar-refractivity contribution in [3.8, 4) is 23.0 Å². The van der Waals surface area contributed by atoms with Crippen LogP contribution in [0.4, 0.5) is 4.79 Å². The summed E-state index contributed by atoms with van der Waals surface area (Å²) < 4.78 is 35.1. The Morgan fingerprint density at radius 3 is 2.40 bits per heavy atom. The molecule has 3 unspecified atom stereocenters. The SMILES string of the molecule is COc1cc(COC2CNCC(COC(=O)Oc3ccc(CO[N+](=O)[O-])cc3)C2c2ccc(OCCCOCc3ccccc3O)cc2)cc2ccccc12. The predicted molar refractivity (Wildman–Crippen MR) is 203 cm³/mol. The number of aromatic hydroxyl groups is 1. The van der Waals surface area contributed by atoms with E-state index in [1.54, 1.807) is 31.4 Å². The fourth-order valence-electron chi connectivity index (χ4n) is 6.60. The van der Waals surface area contributed by atoms with Crippen molar-refractivity contribution in [2.24, 2.45) is 5.92 Å². The Hall–Kier alpha value is -5.89. The van der Waals surface area contributed by atoms with Crippen LogP contribution in [-0.2, 0) is 38.9 Å². The van der Waals surface area contributed by atoms with Crippen LogP contribution in [0.1, 0.15) is 34.6 Å². The standard InChI is InChI=1S/C42H44N2O11/c1-49-39-22-30(21-32-7-2-4-9-37(32)39)25-52-40-24-43-23-34(28-53-42(46)55-36-15-11-29(12-16-36)26-54-44(47)48)41(40)31-13-17-35(18-14-31)51-20-6-19-50-27-33-8-3-5-10-38(33)45/h2-5,7-18,21-22,34,40-41,43,45H,6,19-20,23-28H2,1H3. The van der Waals surface area contributed by atoms with Crippen LogP contribution < -0.4 is 19.5 Å². The van der Waals surface area contributed by atoms with E-state index in [1.807, 2.05) is 66.7 Å². The van der Waals surface area contributed by atoms with E-state index in [0.29, 0.717) is 57.3 Å². The number of methoxy groups -OCH3 is 1. The number of hydrogen-bond acceptors (Lipinski definition) is 12. The molecule has 0 radical (unpaired) electrons. The van der Waals surface area contributed by atoms with Gasteiger partial charge in [-0.3, -0.25) is 0 Å². The first-order valence-electron chi connectivity index (χ1n) is 18.0. The number of fused-ring (bicyclic) bond motifs is 1. The maximum absolute atomic E-state index is 12.8. The number of piperidine rings is 1. The molecule has 288 valence electrons. The summed E-state index contributed by atoms with van der Waals surface area (Å²) in [6.07, 6.45) is -0.459. The monoisotopic (exact) mass is 752 g/mol. The number of benzene rings is 5. The number of phenolic OH excluding ortho intramolecular Hbond substituents is 1. The van der Waals surface area contributed by atoms with Gasteiger partial charge in [-0.05, 0) is 64.5 Å². The number of phenols is 1. The second kappa shape index (κ2) is 19.4. The Morgan fingerprint density at radius 2 is 1.62 bits per heavy atom. The van der Waals surface area contributed by atoms with Gasteiger partial charge in [0.15, 0.2) is 0 Å². The number of carbonyl (C=O) groups is 1. The molecule has 1 saturated heterocycles. The molecular formula is C42H44N2O11. The highest BCUT2D eigenvalue weighted by Crippen LogP contribution is 2.35. The minimum atomic E-state index is -0.868. The third-order valence-electron chi connectivity index (χ3n) is 9.32. The number of para-hydroxylation sites is 1. The van der Waals surface area contributed by atoms with Crippen molar-refractivity contribution in [2.45, 2.75) is 38.3 Å². The van der Waals surface area contributed by atoms with Crippen molar-refractivity contribution in [2.75, 3.05) is 40.0 Å². The number of ether oxygens (including phenoxy) is 6. The minimum absolute atomic E-state index is 0.0634. The smallest absolute Gasteiger partial charge is 0.508 e. The van der Waals surface area contributed by atoms with Crippen molar-refractivity contribution in [3.63, 3.8) is 0 Å². The molecule has 0 bridgehead atoms. The normalized spacial score (nSPS) is 16.6. The lowest BCUT2D eigenvalue weighted by molar-refractivity contribution is -0.763. The fraction of sp³-hybridized carbons (Fsp3) is 0.310. The number of hydrogen-bond donors (Lipinski definition) is 2. The number of nitrogens with one attached hydrogen (secondary N) is 1. The highest BCUT2D eigenvalue weighted by molar-refractivity contribution is 5.89. The largest absolute Gasteiger partial charge is 0.513 e. The van der Waals surface area contributed by atoms with E-state index in [1.165, 1.54) is 12.1 Å². The Morgan fingerprint density at radius 1 is 0.855 bits per heavy atom. The molecule has 55 heavy (non-hydrogen) atoms. The summed E-state index contributed by atoms with van der Waals surface area (Å²) in [5, 5.41) is 25.1. The van der Waals surface area contributed by atoms with E-state index in [4.69, 9.17) is 28.4 Å². The van der Waals surface area contributed by atoms with Crippen LogP contribution >= 0.6 is 0 Å². The van der Waals surface area contributed by atoms with Crippen molar-refractivity contribution in [1.82, 2.24) is 5.32 Å². The topological polar surface area (TPSA) is 157 Å². The third-order valence-corrected chi connectivity index (χ3v) is 9.32. The molecule has 6 rings (SSSR count). The first-order valence-corrected chi connectivity index (χ1v) is 18.0. The molecule has 3 atom stereocenters. The fourth-order valence-corrected chi connectivity index (χ4v) is 6.60. The van der Waals surface area contributed by atoms with Crippen molar-refractivity contribution >= 4 is 16.9 Å². The van der Waals surface area contributed by atoms with Gasteiger partial charge in [0.05, 0.1) is 46.2 Å². The van der Waals surface area contributed by atoms with Crippen LogP contribution in [0.15, 0.2) is 109 Å². The highest BCUT2D eigenvalue weighted by atomic mass is 16.9. The van der Waals surface area contributed by atoms with Gasteiger partial charge in [-0.25, -0.2) is 4.79 Å².